The number of methoxy groups -OCH3 is 4. The largest absolute Gasteiger partial charge is 0.455 e. The summed E-state index contributed by atoms with van der Waals surface area (Å²) in [5.41, 5.74) is -0.704. The van der Waals surface area contributed by atoms with Crippen LogP contribution in [0.15, 0.2) is 42.5 Å². The fourth-order valence-electron chi connectivity index (χ4n) is 5.91. The first-order valence-electron chi connectivity index (χ1n) is 18.0. The van der Waals surface area contributed by atoms with E-state index in [0.717, 1.165) is 0 Å². The van der Waals surface area contributed by atoms with Crippen molar-refractivity contribution in [2.24, 2.45) is 0 Å². The lowest BCUT2D eigenvalue weighted by Crippen LogP contribution is -2.57. The molecular weight excluding hydrogens is 732 g/mol. The number of aliphatic hydroxyl groups is 3. The van der Waals surface area contributed by atoms with Crippen molar-refractivity contribution in [3.63, 3.8) is 0 Å². The van der Waals surface area contributed by atoms with Gasteiger partial charge in [0.05, 0.1) is 54.1 Å². The molecule has 56 heavy (non-hydrogen) atoms. The summed E-state index contributed by atoms with van der Waals surface area (Å²) in [4.78, 5) is 56.4. The summed E-state index contributed by atoms with van der Waals surface area (Å²) in [6, 6.07) is 10.7. The minimum absolute atomic E-state index is 0.0325. The van der Waals surface area contributed by atoms with E-state index >= 15 is 0 Å². The number of esters is 2. The van der Waals surface area contributed by atoms with Crippen LogP contribution >= 0.6 is 0 Å². The number of hydrogen-bond donors (Lipinski definition) is 3. The molecule has 0 atom stereocenters. The third-order valence-electron chi connectivity index (χ3n) is 8.85. The van der Waals surface area contributed by atoms with Gasteiger partial charge in [0.25, 0.3) is 0 Å². The number of rotatable bonds is 15. The summed E-state index contributed by atoms with van der Waals surface area (Å²) < 4.78 is 31.6. The van der Waals surface area contributed by atoms with Crippen LogP contribution < -0.4 is 0 Å². The van der Waals surface area contributed by atoms with E-state index in [2.05, 4.69) is 0 Å². The van der Waals surface area contributed by atoms with Crippen molar-refractivity contribution in [1.82, 2.24) is 19.6 Å². The summed E-state index contributed by atoms with van der Waals surface area (Å²) in [6.45, 7) is 10.8. The summed E-state index contributed by atoms with van der Waals surface area (Å²) in [5, 5.41) is 30.3. The van der Waals surface area contributed by atoms with Crippen molar-refractivity contribution in [2.75, 3.05) is 81.5 Å². The Bertz CT molecular complexity index is 1460. The molecule has 0 aliphatic carbocycles. The van der Waals surface area contributed by atoms with Crippen LogP contribution in [0.4, 0.5) is 9.59 Å². The number of carbonyl (C=O) groups is 4. The number of benzene rings is 2. The Morgan fingerprint density at radius 2 is 0.821 bits per heavy atom. The Morgan fingerprint density at radius 1 is 0.554 bits per heavy atom. The predicted molar refractivity (Wildman–Crippen MR) is 202 cm³/mol. The van der Waals surface area contributed by atoms with Gasteiger partial charge in [0.15, 0.2) is 0 Å². The molecule has 2 aliphatic heterocycles. The minimum Gasteiger partial charge on any atom is -0.455 e. The molecule has 17 nitrogen and oxygen atoms in total. The molecule has 4 amide bonds. The van der Waals surface area contributed by atoms with Gasteiger partial charge in [-0.15, -0.1) is 0 Å². The second kappa shape index (κ2) is 19.7. The fourth-order valence-corrected chi connectivity index (χ4v) is 5.91. The van der Waals surface area contributed by atoms with E-state index in [4.69, 9.17) is 28.4 Å². The van der Waals surface area contributed by atoms with E-state index in [1.165, 1.54) is 66.2 Å². The maximum atomic E-state index is 12.9. The van der Waals surface area contributed by atoms with Gasteiger partial charge in [-0.05, 0) is 76.4 Å². The van der Waals surface area contributed by atoms with Crippen molar-refractivity contribution in [2.45, 2.75) is 70.6 Å². The lowest BCUT2D eigenvalue weighted by molar-refractivity contribution is -0.0405. The van der Waals surface area contributed by atoms with Crippen LogP contribution in [0.5, 0.6) is 0 Å². The van der Waals surface area contributed by atoms with Crippen molar-refractivity contribution in [3.05, 3.63) is 70.3 Å². The quantitative estimate of drug-likeness (QED) is 0.223. The molecule has 2 aliphatic rings. The molecule has 2 heterocycles. The van der Waals surface area contributed by atoms with Crippen LogP contribution in [0.3, 0.4) is 0 Å². The van der Waals surface area contributed by atoms with E-state index < -0.39 is 40.9 Å². The van der Waals surface area contributed by atoms with Crippen LogP contribution in [0, 0.1) is 0 Å². The molecule has 2 saturated heterocycles. The zero-order chi connectivity index (χ0) is 42.0. The van der Waals surface area contributed by atoms with Crippen molar-refractivity contribution in [3.8, 4) is 0 Å². The summed E-state index contributed by atoms with van der Waals surface area (Å²) in [5.74, 6) is -1.32. The standard InChI is InChI=1S/C24H34N4O10.C15H24O3/c1-33-13-25-9-19(10-26(14-34-2)23(25)31)37-21(29)17-6-5-7-18(8-17)22(30)38-20-11-27(15-35-3)24(32)28(12-20)16-36-4;1-13(2,16)10-7-11(14(3,4)17)9-12(8-10)15(5,6)18/h5-8,19-20H,9-16H2,1-4H3;7-9,16-18H,1-6H3. The van der Waals surface area contributed by atoms with E-state index in [1.807, 2.05) is 0 Å². The Kier molecular flexibility index (Phi) is 16.2. The first-order valence-corrected chi connectivity index (χ1v) is 18.0. The average Bonchev–Trinajstić information content (AvgIpc) is 3.11. The maximum Gasteiger partial charge on any atom is 0.338 e. The molecule has 4 rings (SSSR count). The molecular formula is C39H58N4O13. The van der Waals surface area contributed by atoms with E-state index in [1.54, 1.807) is 65.8 Å². The summed E-state index contributed by atoms with van der Waals surface area (Å²) in [7, 11) is 5.85. The lowest BCUT2D eigenvalue weighted by atomic mass is 9.85. The van der Waals surface area contributed by atoms with E-state index in [0.29, 0.717) is 16.7 Å². The van der Waals surface area contributed by atoms with Gasteiger partial charge >= 0.3 is 24.0 Å². The Morgan fingerprint density at radius 3 is 1.05 bits per heavy atom. The van der Waals surface area contributed by atoms with Gasteiger partial charge in [-0.2, -0.15) is 0 Å². The highest BCUT2D eigenvalue weighted by Gasteiger charge is 2.36. The average molecular weight is 791 g/mol. The summed E-state index contributed by atoms with van der Waals surface area (Å²) in [6.07, 6.45) is -1.28. The Labute approximate surface area is 328 Å². The molecule has 3 N–H and O–H groups in total. The van der Waals surface area contributed by atoms with E-state index in [-0.39, 0.29) is 76.3 Å². The zero-order valence-electron chi connectivity index (χ0n) is 34.1. The first-order chi connectivity index (χ1) is 26.1. The smallest absolute Gasteiger partial charge is 0.338 e. The molecule has 0 saturated carbocycles. The van der Waals surface area contributed by atoms with Crippen LogP contribution in [0.25, 0.3) is 0 Å². The number of amides is 4. The number of nitrogens with zero attached hydrogens (tertiary/aromatic N) is 4. The normalized spacial score (nSPS) is 16.2. The van der Waals surface area contributed by atoms with Gasteiger partial charge in [0.2, 0.25) is 0 Å². The van der Waals surface area contributed by atoms with Gasteiger partial charge < -0.3 is 43.7 Å². The molecule has 17 heteroatoms. The number of urea groups is 2. The number of hydrogen-bond acceptors (Lipinski definition) is 13. The topological polar surface area (TPSA) is 197 Å². The van der Waals surface area contributed by atoms with Crippen molar-refractivity contribution in [1.29, 1.82) is 0 Å². The van der Waals surface area contributed by atoms with Gasteiger partial charge in [0.1, 0.15) is 39.1 Å². The molecule has 0 radical (unpaired) electrons. The molecule has 2 aromatic rings. The van der Waals surface area contributed by atoms with Crippen LogP contribution in [0.1, 0.15) is 78.9 Å². The highest BCUT2D eigenvalue weighted by atomic mass is 16.6. The zero-order valence-corrected chi connectivity index (χ0v) is 34.1. The summed E-state index contributed by atoms with van der Waals surface area (Å²) >= 11 is 0. The van der Waals surface area contributed by atoms with Gasteiger partial charge in [-0.3, -0.25) is 19.6 Å². The minimum atomic E-state index is -1.01. The highest BCUT2D eigenvalue weighted by Crippen LogP contribution is 2.32. The molecule has 0 spiro atoms. The number of ether oxygens (including phenoxy) is 6. The van der Waals surface area contributed by atoms with Crippen molar-refractivity contribution < 1.29 is 62.9 Å². The molecule has 0 aromatic heterocycles. The second-order valence-electron chi connectivity index (χ2n) is 15.2. The SMILES string of the molecule is CC(C)(O)c1cc(C(C)(C)O)cc(C(C)(C)O)c1.COCN1CC(OC(=O)c2cccc(C(=O)OC3CN(COC)C(=O)N(COC)C3)c2)CN(COC)C1=O. The predicted octanol–water partition coefficient (Wildman–Crippen LogP) is 3.00. The molecule has 2 fully saturated rings. The van der Waals surface area contributed by atoms with Crippen LogP contribution in [-0.4, -0.2) is 153 Å². The third-order valence-corrected chi connectivity index (χ3v) is 8.85. The highest BCUT2D eigenvalue weighted by molar-refractivity contribution is 5.95. The lowest BCUT2D eigenvalue weighted by Gasteiger charge is -2.38. The molecule has 0 bridgehead atoms. The molecule has 312 valence electrons. The molecule has 2 aromatic carbocycles. The van der Waals surface area contributed by atoms with Gasteiger partial charge in [0, 0.05) is 28.4 Å². The Balaban J connectivity index is 0.000000391. The monoisotopic (exact) mass is 790 g/mol. The van der Waals surface area contributed by atoms with Gasteiger partial charge in [-0.25, -0.2) is 19.2 Å². The maximum absolute atomic E-state index is 12.9. The van der Waals surface area contributed by atoms with Crippen LogP contribution in [-0.2, 0) is 45.2 Å². The van der Waals surface area contributed by atoms with Crippen molar-refractivity contribution >= 4 is 24.0 Å². The van der Waals surface area contributed by atoms with Gasteiger partial charge in [-0.1, -0.05) is 24.3 Å². The van der Waals surface area contributed by atoms with Crippen LogP contribution in [0.2, 0.25) is 0 Å². The van der Waals surface area contributed by atoms with E-state index in [9.17, 15) is 34.5 Å². The third kappa shape index (κ3) is 12.8. The first kappa shape index (κ1) is 46.0. The number of carbonyl (C=O) groups excluding carboxylic acids is 4. The molecule has 0 unspecified atom stereocenters. The second-order valence-corrected chi connectivity index (χ2v) is 15.2. The Hall–Kier alpha value is -4.36. The fraction of sp³-hybridized carbons (Fsp3) is 0.590.